The number of rotatable bonds is 6. The quantitative estimate of drug-likeness (QED) is 0.837. The summed E-state index contributed by atoms with van der Waals surface area (Å²) in [7, 11) is 5.12. The number of amides is 1. The predicted molar refractivity (Wildman–Crippen MR) is 79.2 cm³/mol. The second kappa shape index (κ2) is 6.79. The Labute approximate surface area is 127 Å². The van der Waals surface area contributed by atoms with Crippen LogP contribution in [0.5, 0.6) is 5.75 Å². The normalized spacial score (nSPS) is 11.8. The van der Waals surface area contributed by atoms with E-state index in [0.29, 0.717) is 18.3 Å². The molecule has 1 aromatic heterocycles. The third-order valence-corrected chi connectivity index (χ3v) is 3.02. The molecule has 8 nitrogen and oxygen atoms in total. The average molecular weight is 306 g/mol. The summed E-state index contributed by atoms with van der Waals surface area (Å²) in [5.74, 6) is 1.03. The summed E-state index contributed by atoms with van der Waals surface area (Å²) in [5.41, 5.74) is 0.927. The zero-order valence-electron chi connectivity index (χ0n) is 12.6. The number of benzene rings is 1. The maximum Gasteiger partial charge on any atom is 0.405 e. The molecule has 0 aliphatic carbocycles. The van der Waals surface area contributed by atoms with Crippen molar-refractivity contribution in [3.63, 3.8) is 0 Å². The summed E-state index contributed by atoms with van der Waals surface area (Å²) in [6, 6.07) is 7.08. The van der Waals surface area contributed by atoms with Crippen LogP contribution in [0.4, 0.5) is 10.8 Å². The number of ether oxygens (including phenoxy) is 1. The number of nitrogens with one attached hydrogen (secondary N) is 1. The van der Waals surface area contributed by atoms with Gasteiger partial charge in [-0.05, 0) is 17.7 Å². The molecule has 1 atom stereocenters. The minimum Gasteiger partial charge on any atom is -0.497 e. The molecular weight excluding hydrogens is 288 g/mol. The minimum atomic E-state index is -1.14. The van der Waals surface area contributed by atoms with Crippen molar-refractivity contribution in [3.8, 4) is 5.75 Å². The summed E-state index contributed by atoms with van der Waals surface area (Å²) in [6.45, 7) is 0. The van der Waals surface area contributed by atoms with Gasteiger partial charge < -0.3 is 24.6 Å². The number of carboxylic acid groups (broad SMARTS) is 1. The molecular formula is C14H18N4O4. The first-order valence-corrected chi connectivity index (χ1v) is 6.63. The molecule has 0 aliphatic rings. The van der Waals surface area contributed by atoms with Crippen LogP contribution < -0.4 is 15.0 Å². The minimum absolute atomic E-state index is 0.293. The maximum atomic E-state index is 11.0. The van der Waals surface area contributed by atoms with E-state index < -0.39 is 12.1 Å². The zero-order chi connectivity index (χ0) is 16.1. The molecule has 0 bridgehead atoms. The SMILES string of the molecule is COc1ccc(C[C@H](NC(=O)O)c2noc(N(C)C)n2)cc1. The topological polar surface area (TPSA) is 101 Å². The molecule has 0 saturated carbocycles. The van der Waals surface area contributed by atoms with Crippen molar-refractivity contribution in [3.05, 3.63) is 35.7 Å². The first-order chi connectivity index (χ1) is 10.5. The molecule has 1 amide bonds. The Kier molecular flexibility index (Phi) is 4.82. The van der Waals surface area contributed by atoms with E-state index in [1.54, 1.807) is 26.1 Å². The fraction of sp³-hybridized carbons (Fsp3) is 0.357. The lowest BCUT2D eigenvalue weighted by Crippen LogP contribution is -2.29. The molecule has 0 unspecified atom stereocenters. The molecule has 1 heterocycles. The van der Waals surface area contributed by atoms with Gasteiger partial charge in [0.2, 0.25) is 0 Å². The van der Waals surface area contributed by atoms with Crippen molar-refractivity contribution >= 4 is 12.1 Å². The highest BCUT2D eigenvalue weighted by atomic mass is 16.5. The van der Waals surface area contributed by atoms with Crippen LogP contribution in [0, 0.1) is 0 Å². The largest absolute Gasteiger partial charge is 0.497 e. The van der Waals surface area contributed by atoms with Gasteiger partial charge in [0.1, 0.15) is 5.75 Å². The van der Waals surface area contributed by atoms with Gasteiger partial charge in [-0.2, -0.15) is 4.98 Å². The summed E-state index contributed by atoms with van der Waals surface area (Å²) < 4.78 is 10.2. The number of carbonyl (C=O) groups is 1. The Morgan fingerprint density at radius 1 is 1.41 bits per heavy atom. The standard InChI is InChI=1S/C14H18N4O4/c1-18(2)13-16-12(17-22-13)11(15-14(19)20)8-9-4-6-10(21-3)7-5-9/h4-7,11,15H,8H2,1-3H3,(H,19,20)/t11-/m0/s1. The molecule has 0 aliphatic heterocycles. The van der Waals surface area contributed by atoms with Crippen molar-refractivity contribution in [2.24, 2.45) is 0 Å². The van der Waals surface area contributed by atoms with Crippen molar-refractivity contribution in [2.75, 3.05) is 26.1 Å². The van der Waals surface area contributed by atoms with Gasteiger partial charge in [-0.3, -0.25) is 0 Å². The van der Waals surface area contributed by atoms with E-state index in [1.165, 1.54) is 0 Å². The van der Waals surface area contributed by atoms with Crippen LogP contribution >= 0.6 is 0 Å². The van der Waals surface area contributed by atoms with Gasteiger partial charge in [0, 0.05) is 20.5 Å². The first-order valence-electron chi connectivity index (χ1n) is 6.63. The fourth-order valence-corrected chi connectivity index (χ4v) is 1.90. The van der Waals surface area contributed by atoms with E-state index >= 15 is 0 Å². The Balaban J connectivity index is 2.18. The van der Waals surface area contributed by atoms with E-state index in [1.807, 2.05) is 24.3 Å². The average Bonchev–Trinajstić information content (AvgIpc) is 2.97. The summed E-state index contributed by atoms with van der Waals surface area (Å²) in [5, 5.41) is 15.2. The molecule has 8 heteroatoms. The van der Waals surface area contributed by atoms with Crippen LogP contribution in [0.1, 0.15) is 17.4 Å². The summed E-state index contributed by atoms with van der Waals surface area (Å²) in [4.78, 5) is 16.8. The second-order valence-electron chi connectivity index (χ2n) is 4.88. The van der Waals surface area contributed by atoms with Crippen LogP contribution in [0.3, 0.4) is 0 Å². The van der Waals surface area contributed by atoms with Crippen molar-refractivity contribution in [1.82, 2.24) is 15.5 Å². The highest BCUT2D eigenvalue weighted by Gasteiger charge is 2.21. The van der Waals surface area contributed by atoms with E-state index in [9.17, 15) is 4.79 Å². The van der Waals surface area contributed by atoms with Crippen molar-refractivity contribution in [2.45, 2.75) is 12.5 Å². The molecule has 2 N–H and O–H groups in total. The number of methoxy groups -OCH3 is 1. The van der Waals surface area contributed by atoms with Crippen LogP contribution in [0.2, 0.25) is 0 Å². The van der Waals surface area contributed by atoms with E-state index in [-0.39, 0.29) is 0 Å². The number of anilines is 1. The molecule has 0 saturated heterocycles. The van der Waals surface area contributed by atoms with Crippen LogP contribution in [-0.4, -0.2) is 42.5 Å². The third-order valence-electron chi connectivity index (χ3n) is 3.02. The molecule has 22 heavy (non-hydrogen) atoms. The van der Waals surface area contributed by atoms with Crippen LogP contribution in [0.25, 0.3) is 0 Å². The van der Waals surface area contributed by atoms with Gasteiger partial charge in [-0.15, -0.1) is 0 Å². The van der Waals surface area contributed by atoms with E-state index in [2.05, 4.69) is 15.5 Å². The van der Waals surface area contributed by atoms with Crippen molar-refractivity contribution in [1.29, 1.82) is 0 Å². The molecule has 2 rings (SSSR count). The number of hydrogen-bond acceptors (Lipinski definition) is 6. The molecule has 118 valence electrons. The van der Waals surface area contributed by atoms with Gasteiger partial charge >= 0.3 is 12.1 Å². The summed E-state index contributed by atoms with van der Waals surface area (Å²) >= 11 is 0. The van der Waals surface area contributed by atoms with Gasteiger partial charge in [0.05, 0.1) is 13.2 Å². The van der Waals surface area contributed by atoms with E-state index in [0.717, 1.165) is 11.3 Å². The van der Waals surface area contributed by atoms with Crippen LogP contribution in [-0.2, 0) is 6.42 Å². The molecule has 1 aromatic carbocycles. The molecule has 2 aromatic rings. The lowest BCUT2D eigenvalue weighted by atomic mass is 10.1. The number of hydrogen-bond donors (Lipinski definition) is 2. The smallest absolute Gasteiger partial charge is 0.405 e. The van der Waals surface area contributed by atoms with Gasteiger partial charge in [0.15, 0.2) is 5.82 Å². The van der Waals surface area contributed by atoms with Gasteiger partial charge in [-0.25, -0.2) is 4.79 Å². The molecule has 0 spiro atoms. The van der Waals surface area contributed by atoms with Gasteiger partial charge in [0.25, 0.3) is 0 Å². The lowest BCUT2D eigenvalue weighted by molar-refractivity contribution is 0.189. The zero-order valence-corrected chi connectivity index (χ0v) is 12.6. The second-order valence-corrected chi connectivity index (χ2v) is 4.88. The Bertz CT molecular complexity index is 624. The molecule has 0 radical (unpaired) electrons. The number of nitrogens with zero attached hydrogens (tertiary/aromatic N) is 3. The monoisotopic (exact) mass is 306 g/mol. The Morgan fingerprint density at radius 3 is 2.59 bits per heavy atom. The Hall–Kier alpha value is -2.77. The maximum absolute atomic E-state index is 11.0. The highest BCUT2D eigenvalue weighted by Crippen LogP contribution is 2.20. The molecule has 0 fully saturated rings. The van der Waals surface area contributed by atoms with Crippen LogP contribution in [0.15, 0.2) is 28.8 Å². The fourth-order valence-electron chi connectivity index (χ4n) is 1.90. The third kappa shape index (κ3) is 3.87. The van der Waals surface area contributed by atoms with Crippen molar-refractivity contribution < 1.29 is 19.2 Å². The summed E-state index contributed by atoms with van der Waals surface area (Å²) in [6.07, 6.45) is -0.738. The number of aromatic nitrogens is 2. The van der Waals surface area contributed by atoms with Gasteiger partial charge in [-0.1, -0.05) is 17.3 Å². The lowest BCUT2D eigenvalue weighted by Gasteiger charge is -2.13. The highest BCUT2D eigenvalue weighted by molar-refractivity contribution is 5.65. The predicted octanol–water partition coefficient (Wildman–Crippen LogP) is 1.70. The first kappa shape index (κ1) is 15.6. The Morgan fingerprint density at radius 2 is 2.09 bits per heavy atom. The van der Waals surface area contributed by atoms with E-state index in [4.69, 9.17) is 14.4 Å².